The van der Waals surface area contributed by atoms with Gasteiger partial charge in [-0.1, -0.05) is 41.9 Å². The summed E-state index contributed by atoms with van der Waals surface area (Å²) < 4.78 is 0. The highest BCUT2D eigenvalue weighted by Gasteiger charge is 2.19. The quantitative estimate of drug-likeness (QED) is 0.488. The zero-order chi connectivity index (χ0) is 13.1. The Labute approximate surface area is 115 Å². The van der Waals surface area contributed by atoms with E-state index in [2.05, 4.69) is 9.97 Å². The third-order valence-electron chi connectivity index (χ3n) is 2.58. The van der Waals surface area contributed by atoms with Gasteiger partial charge in [0.05, 0.1) is 11.6 Å². The molecule has 0 aliphatic rings. The minimum Gasteiger partial charge on any atom is -0.293 e. The zero-order valence-corrected chi connectivity index (χ0v) is 11.1. The molecule has 18 heavy (non-hydrogen) atoms. The van der Waals surface area contributed by atoms with Gasteiger partial charge in [-0.3, -0.25) is 4.79 Å². The second-order valence-electron chi connectivity index (χ2n) is 3.84. The number of benzene rings is 1. The Morgan fingerprint density at radius 2 is 1.83 bits per heavy atom. The average molecular weight is 281 g/mol. The Hall–Kier alpha value is -1.45. The molecule has 0 N–H and O–H groups in total. The summed E-state index contributed by atoms with van der Waals surface area (Å²) in [6, 6.07) is 10.6. The predicted molar refractivity (Wildman–Crippen MR) is 71.2 cm³/mol. The van der Waals surface area contributed by atoms with Gasteiger partial charge in [-0.25, -0.2) is 9.97 Å². The second-order valence-corrected chi connectivity index (χ2v) is 4.56. The number of rotatable bonds is 3. The van der Waals surface area contributed by atoms with Crippen molar-refractivity contribution < 1.29 is 4.79 Å². The largest absolute Gasteiger partial charge is 0.293 e. The Balaban J connectivity index is 2.31. The molecule has 1 aromatic heterocycles. The molecule has 3 nitrogen and oxygen atoms in total. The van der Waals surface area contributed by atoms with Gasteiger partial charge in [0.25, 0.3) is 0 Å². The van der Waals surface area contributed by atoms with Gasteiger partial charge >= 0.3 is 0 Å². The molecule has 0 aliphatic heterocycles. The number of aromatic nitrogens is 2. The minimum absolute atomic E-state index is 0.0265. The van der Waals surface area contributed by atoms with Crippen LogP contribution in [-0.2, 0) is 0 Å². The maximum absolute atomic E-state index is 12.2. The summed E-state index contributed by atoms with van der Waals surface area (Å²) in [6.07, 6.45) is 0. The fourth-order valence-electron chi connectivity index (χ4n) is 1.61. The molecule has 0 bridgehead atoms. The highest BCUT2D eigenvalue weighted by molar-refractivity contribution is 6.31. The van der Waals surface area contributed by atoms with Crippen molar-refractivity contribution in [2.45, 2.75) is 12.8 Å². The van der Waals surface area contributed by atoms with Crippen molar-refractivity contribution in [3.8, 4) is 0 Å². The maximum atomic E-state index is 12.2. The summed E-state index contributed by atoms with van der Waals surface area (Å²) in [7, 11) is 0. The van der Waals surface area contributed by atoms with Crippen molar-refractivity contribution >= 4 is 29.0 Å². The average Bonchev–Trinajstić information content (AvgIpc) is 2.37. The third kappa shape index (κ3) is 2.86. The van der Waals surface area contributed by atoms with E-state index in [0.29, 0.717) is 11.3 Å². The molecule has 0 saturated heterocycles. The molecule has 1 aromatic carbocycles. The van der Waals surface area contributed by atoms with Crippen molar-refractivity contribution in [2.24, 2.45) is 0 Å². The SMILES string of the molecule is CC(C(=O)c1ccccc1)c1cc(Cl)nc(Cl)n1. The molecule has 0 saturated carbocycles. The molecule has 5 heteroatoms. The van der Waals surface area contributed by atoms with E-state index in [9.17, 15) is 4.79 Å². The molecule has 2 rings (SSSR count). The molecule has 92 valence electrons. The van der Waals surface area contributed by atoms with E-state index in [1.54, 1.807) is 25.1 Å². The van der Waals surface area contributed by atoms with E-state index in [-0.39, 0.29) is 16.2 Å². The van der Waals surface area contributed by atoms with E-state index in [4.69, 9.17) is 23.2 Å². The van der Waals surface area contributed by atoms with Crippen LogP contribution in [0.3, 0.4) is 0 Å². The number of ketones is 1. The van der Waals surface area contributed by atoms with Crippen LogP contribution in [0.5, 0.6) is 0 Å². The van der Waals surface area contributed by atoms with Gasteiger partial charge in [0.1, 0.15) is 5.15 Å². The van der Waals surface area contributed by atoms with Crippen molar-refractivity contribution in [2.75, 3.05) is 0 Å². The molecule has 1 heterocycles. The van der Waals surface area contributed by atoms with Crippen molar-refractivity contribution in [3.05, 3.63) is 58.1 Å². The molecule has 2 aromatic rings. The lowest BCUT2D eigenvalue weighted by atomic mass is 9.96. The fraction of sp³-hybridized carbons (Fsp3) is 0.154. The standard InChI is InChI=1S/C13H10Cl2N2O/c1-8(10-7-11(14)17-13(15)16-10)12(18)9-5-3-2-4-6-9/h2-8H,1H3. The van der Waals surface area contributed by atoms with Gasteiger partial charge in [0.15, 0.2) is 5.78 Å². The lowest BCUT2D eigenvalue weighted by Gasteiger charge is -2.10. The summed E-state index contributed by atoms with van der Waals surface area (Å²) in [5, 5.41) is 0.280. The molecular formula is C13H10Cl2N2O. The molecule has 0 fully saturated rings. The minimum atomic E-state index is -0.412. The van der Waals surface area contributed by atoms with E-state index >= 15 is 0 Å². The topological polar surface area (TPSA) is 42.9 Å². The van der Waals surface area contributed by atoms with Gasteiger partial charge < -0.3 is 0 Å². The number of carbonyl (C=O) groups is 1. The fourth-order valence-corrected chi connectivity index (χ4v) is 2.04. The van der Waals surface area contributed by atoms with Crippen molar-refractivity contribution in [1.82, 2.24) is 9.97 Å². The zero-order valence-electron chi connectivity index (χ0n) is 9.60. The summed E-state index contributed by atoms with van der Waals surface area (Å²) in [6.45, 7) is 1.77. The van der Waals surface area contributed by atoms with Gasteiger partial charge in [0.2, 0.25) is 5.28 Å². The van der Waals surface area contributed by atoms with E-state index in [1.165, 1.54) is 0 Å². The van der Waals surface area contributed by atoms with Gasteiger partial charge in [0, 0.05) is 5.56 Å². The number of halogens is 2. The number of Topliss-reactive ketones (excluding diaryl/α,β-unsaturated/α-hetero) is 1. The Kier molecular flexibility index (Phi) is 3.94. The molecule has 0 spiro atoms. The van der Waals surface area contributed by atoms with Crippen LogP contribution in [0.1, 0.15) is 28.9 Å². The first kappa shape index (κ1) is 13.0. The third-order valence-corrected chi connectivity index (χ3v) is 2.95. The summed E-state index contributed by atoms with van der Waals surface area (Å²) >= 11 is 11.5. The van der Waals surface area contributed by atoms with E-state index in [0.717, 1.165) is 0 Å². The summed E-state index contributed by atoms with van der Waals surface area (Å²) in [4.78, 5) is 20.0. The van der Waals surface area contributed by atoms with Crippen LogP contribution in [-0.4, -0.2) is 15.8 Å². The Morgan fingerprint density at radius 3 is 2.44 bits per heavy atom. The van der Waals surface area contributed by atoms with Gasteiger partial charge in [-0.2, -0.15) is 0 Å². The Morgan fingerprint density at radius 1 is 1.17 bits per heavy atom. The lowest BCUT2D eigenvalue weighted by Crippen LogP contribution is -2.11. The summed E-state index contributed by atoms with van der Waals surface area (Å²) in [5.74, 6) is -0.438. The van der Waals surface area contributed by atoms with Crippen LogP contribution in [0, 0.1) is 0 Å². The number of hydrogen-bond acceptors (Lipinski definition) is 3. The highest BCUT2D eigenvalue weighted by atomic mass is 35.5. The van der Waals surface area contributed by atoms with Gasteiger partial charge in [-0.05, 0) is 24.6 Å². The smallest absolute Gasteiger partial charge is 0.224 e. The summed E-state index contributed by atoms with van der Waals surface area (Å²) in [5.41, 5.74) is 1.16. The second kappa shape index (κ2) is 5.46. The van der Waals surface area contributed by atoms with Crippen LogP contribution in [0.25, 0.3) is 0 Å². The normalized spacial score (nSPS) is 12.2. The van der Waals surface area contributed by atoms with E-state index < -0.39 is 5.92 Å². The number of nitrogens with zero attached hydrogens (tertiary/aromatic N) is 2. The molecule has 0 aliphatic carbocycles. The maximum Gasteiger partial charge on any atom is 0.224 e. The first-order valence-electron chi connectivity index (χ1n) is 5.37. The number of carbonyl (C=O) groups excluding carboxylic acids is 1. The molecule has 0 radical (unpaired) electrons. The molecule has 1 unspecified atom stereocenters. The first-order chi connectivity index (χ1) is 8.58. The van der Waals surface area contributed by atoms with Crippen molar-refractivity contribution in [1.29, 1.82) is 0 Å². The molecular weight excluding hydrogens is 271 g/mol. The van der Waals surface area contributed by atoms with E-state index in [1.807, 2.05) is 18.2 Å². The van der Waals surface area contributed by atoms with Crippen LogP contribution in [0.2, 0.25) is 10.4 Å². The lowest BCUT2D eigenvalue weighted by molar-refractivity contribution is 0.0964. The van der Waals surface area contributed by atoms with Crippen molar-refractivity contribution in [3.63, 3.8) is 0 Å². The van der Waals surface area contributed by atoms with Crippen LogP contribution in [0.4, 0.5) is 0 Å². The first-order valence-corrected chi connectivity index (χ1v) is 6.13. The van der Waals surface area contributed by atoms with Crippen LogP contribution in [0.15, 0.2) is 36.4 Å². The predicted octanol–water partition coefficient (Wildman–Crippen LogP) is 3.77. The highest BCUT2D eigenvalue weighted by Crippen LogP contribution is 2.22. The molecule has 1 atom stereocenters. The Bertz CT molecular complexity index is 552. The molecule has 0 amide bonds. The van der Waals surface area contributed by atoms with Crippen LogP contribution >= 0.6 is 23.2 Å². The monoisotopic (exact) mass is 280 g/mol. The van der Waals surface area contributed by atoms with Gasteiger partial charge in [-0.15, -0.1) is 0 Å². The van der Waals surface area contributed by atoms with Crippen LogP contribution < -0.4 is 0 Å². The number of hydrogen-bond donors (Lipinski definition) is 0.